The molecule has 0 amide bonds. The van der Waals surface area contributed by atoms with Crippen molar-refractivity contribution in [2.24, 2.45) is 11.8 Å². The molecular formula is C22H26Cl2N4O2. The van der Waals surface area contributed by atoms with Crippen molar-refractivity contribution in [3.8, 4) is 11.3 Å². The minimum atomic E-state index is 0.0605. The first-order chi connectivity index (χ1) is 14.6. The topological polar surface area (TPSA) is 76.1 Å². The van der Waals surface area contributed by atoms with Gasteiger partial charge in [0, 0.05) is 56.1 Å². The normalized spacial score (nSPS) is 19.7. The molecule has 160 valence electrons. The van der Waals surface area contributed by atoms with Crippen molar-refractivity contribution in [3.05, 3.63) is 40.1 Å². The van der Waals surface area contributed by atoms with Gasteiger partial charge in [0.2, 0.25) is 0 Å². The summed E-state index contributed by atoms with van der Waals surface area (Å²) in [7, 11) is 0. The van der Waals surface area contributed by atoms with Gasteiger partial charge in [0.05, 0.1) is 15.7 Å². The fraction of sp³-hybridized carbons (Fsp3) is 0.500. The van der Waals surface area contributed by atoms with Crippen LogP contribution in [0.2, 0.25) is 10.0 Å². The van der Waals surface area contributed by atoms with Crippen LogP contribution in [0, 0.1) is 11.8 Å². The molecule has 0 bridgehead atoms. The summed E-state index contributed by atoms with van der Waals surface area (Å²) in [6.45, 7) is 4.11. The van der Waals surface area contributed by atoms with E-state index in [1.165, 1.54) is 0 Å². The number of hydrogen-bond acceptors (Lipinski definition) is 6. The predicted octanol–water partition coefficient (Wildman–Crippen LogP) is 4.01. The summed E-state index contributed by atoms with van der Waals surface area (Å²) in [5.74, 6) is 1.59. The minimum absolute atomic E-state index is 0.0605. The molecule has 0 aliphatic carbocycles. The highest BCUT2D eigenvalue weighted by atomic mass is 35.5. The van der Waals surface area contributed by atoms with E-state index < -0.39 is 0 Å². The molecule has 0 aromatic carbocycles. The molecule has 0 spiro atoms. The monoisotopic (exact) mass is 448 g/mol. The summed E-state index contributed by atoms with van der Waals surface area (Å²) in [5.41, 5.74) is 1.97. The van der Waals surface area contributed by atoms with Crippen molar-refractivity contribution in [2.45, 2.75) is 25.7 Å². The molecule has 8 heteroatoms. The van der Waals surface area contributed by atoms with Crippen molar-refractivity contribution >= 4 is 34.8 Å². The van der Waals surface area contributed by atoms with Gasteiger partial charge < -0.3 is 15.4 Å². The number of hydrogen-bond donors (Lipinski definition) is 2. The van der Waals surface area contributed by atoms with Crippen LogP contribution in [0.15, 0.2) is 24.4 Å². The average Bonchev–Trinajstić information content (AvgIpc) is 3.31. The lowest BCUT2D eigenvalue weighted by molar-refractivity contribution is -0.121. The van der Waals surface area contributed by atoms with Crippen LogP contribution in [-0.4, -0.2) is 48.6 Å². The number of Topliss-reactive ketones (excluding diaryl/α,β-unsaturated/α-hetero) is 1. The van der Waals surface area contributed by atoms with Crippen LogP contribution in [0.4, 0.5) is 5.82 Å². The van der Waals surface area contributed by atoms with Gasteiger partial charge in [-0.3, -0.25) is 9.78 Å². The third-order valence-corrected chi connectivity index (χ3v) is 6.40. The zero-order valence-electron chi connectivity index (χ0n) is 16.8. The molecule has 0 saturated carbocycles. The summed E-state index contributed by atoms with van der Waals surface area (Å²) in [4.78, 5) is 21.6. The van der Waals surface area contributed by atoms with Crippen LogP contribution in [0.3, 0.4) is 0 Å². The molecule has 2 fully saturated rings. The fourth-order valence-electron chi connectivity index (χ4n) is 3.94. The Labute approximate surface area is 186 Å². The quantitative estimate of drug-likeness (QED) is 0.666. The highest BCUT2D eigenvalue weighted by molar-refractivity contribution is 6.36. The molecule has 2 aliphatic rings. The molecule has 4 heterocycles. The number of ketones is 1. The zero-order chi connectivity index (χ0) is 20.9. The summed E-state index contributed by atoms with van der Waals surface area (Å²) >= 11 is 12.9. The number of ether oxygens (including phenoxy) is 1. The Morgan fingerprint density at radius 1 is 1.20 bits per heavy atom. The fourth-order valence-corrected chi connectivity index (χ4v) is 4.34. The molecule has 2 saturated heterocycles. The maximum atomic E-state index is 12.5. The van der Waals surface area contributed by atoms with E-state index in [9.17, 15) is 4.79 Å². The van der Waals surface area contributed by atoms with Crippen LogP contribution < -0.4 is 10.6 Å². The van der Waals surface area contributed by atoms with Gasteiger partial charge >= 0.3 is 0 Å². The molecule has 2 aromatic heterocycles. The second kappa shape index (κ2) is 10.1. The first-order valence-corrected chi connectivity index (χ1v) is 11.2. The molecule has 30 heavy (non-hydrogen) atoms. The molecule has 0 radical (unpaired) electrons. The Bertz CT molecular complexity index is 897. The molecule has 1 atom stereocenters. The molecule has 2 N–H and O–H groups in total. The van der Waals surface area contributed by atoms with Gasteiger partial charge in [0.25, 0.3) is 0 Å². The highest BCUT2D eigenvalue weighted by Crippen LogP contribution is 2.33. The number of anilines is 1. The van der Waals surface area contributed by atoms with Crippen LogP contribution in [-0.2, 0) is 16.0 Å². The van der Waals surface area contributed by atoms with Crippen molar-refractivity contribution in [2.75, 3.05) is 38.2 Å². The van der Waals surface area contributed by atoms with Crippen molar-refractivity contribution < 1.29 is 9.53 Å². The van der Waals surface area contributed by atoms with Gasteiger partial charge in [-0.05, 0) is 49.9 Å². The molecular weight excluding hydrogens is 423 g/mol. The number of pyridine rings is 2. The summed E-state index contributed by atoms with van der Waals surface area (Å²) in [6.07, 6.45) is 4.85. The summed E-state index contributed by atoms with van der Waals surface area (Å²) in [6, 6.07) is 5.53. The molecule has 4 rings (SSSR count). The Morgan fingerprint density at radius 3 is 2.80 bits per heavy atom. The smallest absolute Gasteiger partial charge is 0.143 e. The third-order valence-electron chi connectivity index (χ3n) is 5.80. The summed E-state index contributed by atoms with van der Waals surface area (Å²) < 4.78 is 5.42. The van der Waals surface area contributed by atoms with E-state index >= 15 is 0 Å². The Morgan fingerprint density at radius 2 is 2.03 bits per heavy atom. The van der Waals surface area contributed by atoms with Crippen LogP contribution >= 0.6 is 23.2 Å². The highest BCUT2D eigenvalue weighted by Gasteiger charge is 2.23. The predicted molar refractivity (Wildman–Crippen MR) is 119 cm³/mol. The van der Waals surface area contributed by atoms with Crippen molar-refractivity contribution in [3.63, 3.8) is 0 Å². The van der Waals surface area contributed by atoms with Gasteiger partial charge in [-0.15, -0.1) is 0 Å². The number of carbonyl (C=O) groups excluding carboxylic acids is 1. The van der Waals surface area contributed by atoms with Gasteiger partial charge in [-0.25, -0.2) is 4.98 Å². The standard InChI is InChI=1S/C22H26Cl2N4O2/c23-18-1-2-21(27-11-14-4-7-30-8-5-14)28-22(18)17-9-16(26-13-19(17)24)10-20(29)15-3-6-25-12-15/h1-2,9,13-15,25H,3-8,10-12H2,(H,27,28)/t15-/m1/s1. The number of nitrogens with one attached hydrogen (secondary N) is 2. The lowest BCUT2D eigenvalue weighted by Crippen LogP contribution is -2.22. The molecule has 6 nitrogen and oxygen atoms in total. The molecule has 2 aliphatic heterocycles. The molecule has 2 aromatic rings. The zero-order valence-corrected chi connectivity index (χ0v) is 18.3. The first kappa shape index (κ1) is 21.5. The average molecular weight is 449 g/mol. The lowest BCUT2D eigenvalue weighted by atomic mass is 9.98. The maximum Gasteiger partial charge on any atom is 0.143 e. The number of halogens is 2. The minimum Gasteiger partial charge on any atom is -0.381 e. The first-order valence-electron chi connectivity index (χ1n) is 10.5. The third kappa shape index (κ3) is 5.30. The SMILES string of the molecule is O=C(Cc1cc(-c2nc(NCC3CCOCC3)ccc2Cl)c(Cl)cn1)[C@@H]1CCNC1. The van der Waals surface area contributed by atoms with Gasteiger partial charge in [0.1, 0.15) is 11.6 Å². The Hall–Kier alpha value is -1.73. The Kier molecular flexibility index (Phi) is 7.20. The van der Waals surface area contributed by atoms with E-state index in [1.807, 2.05) is 18.2 Å². The van der Waals surface area contributed by atoms with Gasteiger partial charge in [0.15, 0.2) is 0 Å². The largest absolute Gasteiger partial charge is 0.381 e. The second-order valence-electron chi connectivity index (χ2n) is 7.95. The lowest BCUT2D eigenvalue weighted by Gasteiger charge is -2.22. The van der Waals surface area contributed by atoms with E-state index in [0.29, 0.717) is 32.9 Å². The van der Waals surface area contributed by atoms with E-state index in [-0.39, 0.29) is 18.1 Å². The number of carbonyl (C=O) groups is 1. The van der Waals surface area contributed by atoms with Crippen LogP contribution in [0.25, 0.3) is 11.3 Å². The number of rotatable bonds is 7. The number of aromatic nitrogens is 2. The van der Waals surface area contributed by atoms with E-state index in [1.54, 1.807) is 6.20 Å². The van der Waals surface area contributed by atoms with Crippen LogP contribution in [0.5, 0.6) is 0 Å². The number of nitrogens with zero attached hydrogens (tertiary/aromatic N) is 2. The van der Waals surface area contributed by atoms with Crippen molar-refractivity contribution in [1.82, 2.24) is 15.3 Å². The Balaban J connectivity index is 1.51. The van der Waals surface area contributed by atoms with Gasteiger partial charge in [-0.1, -0.05) is 23.2 Å². The van der Waals surface area contributed by atoms with Crippen molar-refractivity contribution in [1.29, 1.82) is 0 Å². The second-order valence-corrected chi connectivity index (χ2v) is 8.77. The maximum absolute atomic E-state index is 12.5. The molecule has 0 unspecified atom stereocenters. The van der Waals surface area contributed by atoms with E-state index in [4.69, 9.17) is 32.9 Å². The van der Waals surface area contributed by atoms with E-state index in [0.717, 1.165) is 57.9 Å². The van der Waals surface area contributed by atoms with Crippen LogP contribution in [0.1, 0.15) is 25.0 Å². The van der Waals surface area contributed by atoms with Gasteiger partial charge in [-0.2, -0.15) is 0 Å². The van der Waals surface area contributed by atoms with E-state index in [2.05, 4.69) is 15.6 Å². The summed E-state index contributed by atoms with van der Waals surface area (Å²) in [5, 5.41) is 7.61.